The first kappa shape index (κ1) is 21.6. The third-order valence-electron chi connectivity index (χ3n) is 6.39. The van der Waals surface area contributed by atoms with Crippen LogP contribution in [0.3, 0.4) is 0 Å². The molecule has 176 valence electrons. The second-order valence-electron chi connectivity index (χ2n) is 8.80. The topological polar surface area (TPSA) is 120 Å². The van der Waals surface area contributed by atoms with Crippen molar-refractivity contribution in [3.05, 3.63) is 53.9 Å². The van der Waals surface area contributed by atoms with Crippen molar-refractivity contribution in [1.82, 2.24) is 29.7 Å². The molecule has 9 nitrogen and oxygen atoms in total. The van der Waals surface area contributed by atoms with Gasteiger partial charge in [0.05, 0.1) is 17.1 Å². The first-order chi connectivity index (χ1) is 17.1. The molecule has 0 saturated heterocycles. The van der Waals surface area contributed by atoms with E-state index in [1.165, 1.54) is 38.4 Å². The number of nitrogen functional groups attached to an aromatic ring is 1. The zero-order valence-corrected chi connectivity index (χ0v) is 20.2. The minimum Gasteiger partial charge on any atom is -0.383 e. The molecule has 0 aliphatic heterocycles. The van der Waals surface area contributed by atoms with Crippen molar-refractivity contribution in [3.63, 3.8) is 0 Å². The molecule has 3 N–H and O–H groups in total. The lowest BCUT2D eigenvalue weighted by molar-refractivity contribution is 0.434. The van der Waals surface area contributed by atoms with E-state index >= 15 is 0 Å². The zero-order chi connectivity index (χ0) is 23.8. The molecule has 5 aromatic rings. The predicted molar refractivity (Wildman–Crippen MR) is 139 cm³/mol. The fraction of sp³-hybridized carbons (Fsp3) is 0.280. The number of anilines is 3. The molecule has 3 heterocycles. The van der Waals surface area contributed by atoms with E-state index in [9.17, 15) is 0 Å². The van der Waals surface area contributed by atoms with Gasteiger partial charge in [0.15, 0.2) is 0 Å². The van der Waals surface area contributed by atoms with Gasteiger partial charge in [0.25, 0.3) is 0 Å². The van der Waals surface area contributed by atoms with E-state index in [2.05, 4.69) is 37.4 Å². The van der Waals surface area contributed by atoms with Gasteiger partial charge in [0, 0.05) is 29.1 Å². The number of benzene rings is 2. The Kier molecular flexibility index (Phi) is 5.57. The fourth-order valence-electron chi connectivity index (χ4n) is 4.53. The Morgan fingerprint density at radius 3 is 2.57 bits per heavy atom. The van der Waals surface area contributed by atoms with Crippen molar-refractivity contribution >= 4 is 50.5 Å². The van der Waals surface area contributed by atoms with Crippen LogP contribution in [-0.4, -0.2) is 35.8 Å². The highest BCUT2D eigenvalue weighted by atomic mass is 32.1. The van der Waals surface area contributed by atoms with Gasteiger partial charge in [0.1, 0.15) is 29.3 Å². The molecular formula is C25H25N9S. The highest BCUT2D eigenvalue weighted by molar-refractivity contribution is 7.12. The van der Waals surface area contributed by atoms with Crippen LogP contribution in [0.1, 0.15) is 32.1 Å². The van der Waals surface area contributed by atoms with Crippen molar-refractivity contribution in [2.24, 2.45) is 12.0 Å². The lowest BCUT2D eigenvalue weighted by atomic mass is 9.96. The third kappa shape index (κ3) is 4.32. The molecule has 1 aliphatic rings. The number of rotatable bonds is 4. The van der Waals surface area contributed by atoms with Crippen LogP contribution in [0.15, 0.2) is 54.0 Å². The van der Waals surface area contributed by atoms with Gasteiger partial charge < -0.3 is 11.1 Å². The summed E-state index contributed by atoms with van der Waals surface area (Å²) < 4.78 is 1.89. The quantitative estimate of drug-likeness (QED) is 0.383. The fourth-order valence-corrected chi connectivity index (χ4v) is 5.48. The summed E-state index contributed by atoms with van der Waals surface area (Å²) in [6.45, 7) is 0. The van der Waals surface area contributed by atoms with Crippen LogP contribution in [0.25, 0.3) is 32.4 Å². The smallest absolute Gasteiger partial charge is 0.203 e. The van der Waals surface area contributed by atoms with Gasteiger partial charge in [-0.25, -0.2) is 24.6 Å². The normalized spacial score (nSPS) is 15.2. The van der Waals surface area contributed by atoms with E-state index in [-0.39, 0.29) is 0 Å². The van der Waals surface area contributed by atoms with Crippen LogP contribution in [0, 0.1) is 0 Å². The Morgan fingerprint density at radius 2 is 1.71 bits per heavy atom. The summed E-state index contributed by atoms with van der Waals surface area (Å²) in [5.74, 6) is 1.19. The Morgan fingerprint density at radius 1 is 0.943 bits per heavy atom. The molecule has 1 fully saturated rings. The summed E-state index contributed by atoms with van der Waals surface area (Å²) in [5, 5.41) is 10.8. The Balaban J connectivity index is 1.31. The number of hydrogen-bond donors (Lipinski definition) is 2. The summed E-state index contributed by atoms with van der Waals surface area (Å²) in [5.41, 5.74) is 9.45. The van der Waals surface area contributed by atoms with Crippen LogP contribution < -0.4 is 15.9 Å². The number of fused-ring (bicyclic) bond motifs is 2. The van der Waals surface area contributed by atoms with E-state index in [1.807, 2.05) is 36.0 Å². The molecule has 0 bridgehead atoms. The van der Waals surface area contributed by atoms with Crippen LogP contribution >= 0.6 is 11.3 Å². The molecule has 6 rings (SSSR count). The molecule has 10 heteroatoms. The Labute approximate surface area is 205 Å². The predicted octanol–water partition coefficient (Wildman–Crippen LogP) is 4.59. The van der Waals surface area contributed by atoms with Gasteiger partial charge in [-0.15, -0.1) is 0 Å². The van der Waals surface area contributed by atoms with Crippen molar-refractivity contribution in [2.75, 3.05) is 11.1 Å². The minimum absolute atomic E-state index is 0.416. The van der Waals surface area contributed by atoms with Crippen LogP contribution in [-0.2, 0) is 7.05 Å². The second kappa shape index (κ2) is 9.03. The molecule has 35 heavy (non-hydrogen) atoms. The van der Waals surface area contributed by atoms with Crippen LogP contribution in [0.5, 0.6) is 0 Å². The number of aromatic nitrogens is 6. The van der Waals surface area contributed by atoms with Crippen molar-refractivity contribution < 1.29 is 0 Å². The van der Waals surface area contributed by atoms with Gasteiger partial charge in [-0.3, -0.25) is 4.99 Å². The summed E-state index contributed by atoms with van der Waals surface area (Å²) >= 11 is 1.63. The lowest BCUT2D eigenvalue weighted by Crippen LogP contribution is -2.18. The average molecular weight is 484 g/mol. The third-order valence-corrected chi connectivity index (χ3v) is 7.45. The number of nitrogens with one attached hydrogen (secondary N) is 1. The average Bonchev–Trinajstić information content (AvgIpc) is 3.24. The summed E-state index contributed by atoms with van der Waals surface area (Å²) in [4.78, 5) is 23.3. The molecule has 3 aromatic heterocycles. The first-order valence-electron chi connectivity index (χ1n) is 11.7. The van der Waals surface area contributed by atoms with Crippen LogP contribution in [0.2, 0.25) is 0 Å². The van der Waals surface area contributed by atoms with E-state index in [0.717, 1.165) is 48.7 Å². The maximum atomic E-state index is 5.95. The molecule has 0 unspecified atom stereocenters. The molecule has 0 radical (unpaired) electrons. The van der Waals surface area contributed by atoms with Crippen molar-refractivity contribution in [3.8, 4) is 10.6 Å². The Hall–Kier alpha value is -3.92. The maximum Gasteiger partial charge on any atom is 0.203 e. The monoisotopic (exact) mass is 483 g/mol. The standard InChI is InChI=1S/C25H25N9S/c1-34-25(32-16-5-3-2-4-6-16)35-24(33-34)15-7-9-19-20(11-15)28-14-30-23(19)31-17-8-10-18-21(12-17)27-13-29-22(18)26/h7-14,16H,2-6H2,1H3,(H2,26,27,29)(H,28,30,31). The van der Waals surface area contributed by atoms with Crippen LogP contribution in [0.4, 0.5) is 17.3 Å². The van der Waals surface area contributed by atoms with Crippen molar-refractivity contribution in [2.45, 2.75) is 38.1 Å². The lowest BCUT2D eigenvalue weighted by Gasteiger charge is -2.16. The SMILES string of the molecule is Cn1nc(-c2ccc3c(Nc4ccc5c(N)ncnc5c4)ncnc3c2)sc1=NC1CCCCC1. The molecule has 0 spiro atoms. The molecule has 2 aromatic carbocycles. The van der Waals surface area contributed by atoms with Gasteiger partial charge in [0.2, 0.25) is 4.80 Å². The molecular weight excluding hydrogens is 458 g/mol. The molecule has 1 saturated carbocycles. The largest absolute Gasteiger partial charge is 0.383 e. The van der Waals surface area contributed by atoms with Gasteiger partial charge in [-0.2, -0.15) is 5.10 Å². The van der Waals surface area contributed by atoms with E-state index in [0.29, 0.717) is 11.9 Å². The summed E-state index contributed by atoms with van der Waals surface area (Å²) in [6, 6.07) is 12.4. The molecule has 1 aliphatic carbocycles. The number of nitrogens with zero attached hydrogens (tertiary/aromatic N) is 7. The highest BCUT2D eigenvalue weighted by Gasteiger charge is 2.14. The summed E-state index contributed by atoms with van der Waals surface area (Å²) in [7, 11) is 1.97. The Bertz CT molecular complexity index is 1600. The zero-order valence-electron chi connectivity index (χ0n) is 19.3. The van der Waals surface area contributed by atoms with E-state index < -0.39 is 0 Å². The van der Waals surface area contributed by atoms with Gasteiger partial charge in [-0.05, 0) is 43.2 Å². The number of nitrogens with two attached hydrogens (primary N) is 1. The van der Waals surface area contributed by atoms with E-state index in [1.54, 1.807) is 17.7 Å². The van der Waals surface area contributed by atoms with Gasteiger partial charge >= 0.3 is 0 Å². The molecule has 0 atom stereocenters. The molecule has 0 amide bonds. The van der Waals surface area contributed by atoms with Crippen molar-refractivity contribution in [1.29, 1.82) is 0 Å². The number of hydrogen-bond acceptors (Lipinski definition) is 9. The maximum absolute atomic E-state index is 5.95. The minimum atomic E-state index is 0.416. The van der Waals surface area contributed by atoms with E-state index in [4.69, 9.17) is 15.8 Å². The first-order valence-corrected chi connectivity index (χ1v) is 12.6. The number of aryl methyl sites for hydroxylation is 1. The van der Waals surface area contributed by atoms with Gasteiger partial charge in [-0.1, -0.05) is 36.7 Å². The highest BCUT2D eigenvalue weighted by Crippen LogP contribution is 2.29. The second-order valence-corrected chi connectivity index (χ2v) is 9.76. The summed E-state index contributed by atoms with van der Waals surface area (Å²) in [6.07, 6.45) is 9.25.